The third-order valence-corrected chi connectivity index (χ3v) is 16.4. The molecule has 1 saturated heterocycles. The SMILES string of the molecule is CCCCCCCC/C=C/CCCCCCCCCCCCCCCC(=O)OC1C(OCC(NC(=O)C(O)CCCCCCCCCCCCCCCCCC)C(O)/C=C/CCCCCCCCCCC)OC(CO)C(O)C1O. The van der Waals surface area contributed by atoms with Gasteiger partial charge in [0.05, 0.1) is 25.4 Å². The average Bonchev–Trinajstić information content (AvgIpc) is 3.47. The summed E-state index contributed by atoms with van der Waals surface area (Å²) < 4.78 is 17.7. The van der Waals surface area contributed by atoms with Crippen LogP contribution in [0.1, 0.15) is 335 Å². The molecule has 1 aliphatic rings. The molecule has 0 radical (unpaired) electrons. The Morgan fingerprint density at radius 2 is 0.835 bits per heavy atom. The molecule has 11 heteroatoms. The Balaban J connectivity index is 2.56. The minimum absolute atomic E-state index is 0.128. The van der Waals surface area contributed by atoms with Crippen molar-refractivity contribution in [3.05, 3.63) is 24.3 Å². The first-order valence-corrected chi connectivity index (χ1v) is 34.1. The van der Waals surface area contributed by atoms with Gasteiger partial charge in [-0.2, -0.15) is 0 Å². The zero-order valence-corrected chi connectivity index (χ0v) is 51.8. The van der Waals surface area contributed by atoms with E-state index in [4.69, 9.17) is 14.2 Å². The van der Waals surface area contributed by atoms with Crippen molar-refractivity contribution in [2.24, 2.45) is 0 Å². The highest BCUT2D eigenvalue weighted by Gasteiger charge is 2.47. The molecular formula is C68H129NO10. The topological polar surface area (TPSA) is 175 Å². The molecule has 0 bridgehead atoms. The summed E-state index contributed by atoms with van der Waals surface area (Å²) in [6.45, 7) is 5.83. The highest BCUT2D eigenvalue weighted by molar-refractivity contribution is 5.80. The van der Waals surface area contributed by atoms with E-state index >= 15 is 0 Å². The molecule has 0 aliphatic carbocycles. The normalized spacial score (nSPS) is 18.9. The third-order valence-electron chi connectivity index (χ3n) is 16.4. The lowest BCUT2D eigenvalue weighted by Crippen LogP contribution is -2.61. The van der Waals surface area contributed by atoms with Crippen LogP contribution in [0.3, 0.4) is 0 Å². The Morgan fingerprint density at radius 1 is 0.481 bits per heavy atom. The molecule has 1 rings (SSSR count). The van der Waals surface area contributed by atoms with Gasteiger partial charge >= 0.3 is 5.97 Å². The number of allylic oxidation sites excluding steroid dienone is 3. The van der Waals surface area contributed by atoms with Gasteiger partial charge in [-0.15, -0.1) is 0 Å². The number of aliphatic hydroxyl groups excluding tert-OH is 5. The molecule has 1 amide bonds. The molecule has 0 aromatic rings. The van der Waals surface area contributed by atoms with Crippen molar-refractivity contribution < 1.29 is 49.3 Å². The largest absolute Gasteiger partial charge is 0.454 e. The Kier molecular flexibility index (Phi) is 53.9. The molecule has 79 heavy (non-hydrogen) atoms. The van der Waals surface area contributed by atoms with Crippen molar-refractivity contribution in [1.82, 2.24) is 5.32 Å². The number of rotatable bonds is 59. The van der Waals surface area contributed by atoms with Crippen LogP contribution in [0.4, 0.5) is 0 Å². The van der Waals surface area contributed by atoms with E-state index in [1.807, 2.05) is 6.08 Å². The van der Waals surface area contributed by atoms with E-state index in [2.05, 4.69) is 38.2 Å². The Hall–Kier alpha value is -1.86. The monoisotopic (exact) mass is 1120 g/mol. The summed E-state index contributed by atoms with van der Waals surface area (Å²) in [5, 5.41) is 57.1. The molecule has 0 aromatic carbocycles. The molecule has 0 aromatic heterocycles. The van der Waals surface area contributed by atoms with Crippen LogP contribution in [0.5, 0.6) is 0 Å². The molecule has 466 valence electrons. The molecule has 6 N–H and O–H groups in total. The molecule has 0 saturated carbocycles. The zero-order chi connectivity index (χ0) is 57.5. The van der Waals surface area contributed by atoms with Gasteiger partial charge in [-0.25, -0.2) is 0 Å². The second kappa shape index (κ2) is 56.6. The molecule has 1 heterocycles. The fraction of sp³-hybridized carbons (Fsp3) is 0.912. The smallest absolute Gasteiger partial charge is 0.306 e. The highest BCUT2D eigenvalue weighted by Crippen LogP contribution is 2.26. The van der Waals surface area contributed by atoms with Crippen molar-refractivity contribution >= 4 is 11.9 Å². The fourth-order valence-corrected chi connectivity index (χ4v) is 10.9. The first kappa shape index (κ1) is 75.2. The van der Waals surface area contributed by atoms with Crippen LogP contribution in [0.15, 0.2) is 24.3 Å². The third kappa shape index (κ3) is 44.4. The molecule has 8 unspecified atom stereocenters. The Morgan fingerprint density at radius 3 is 1.23 bits per heavy atom. The van der Waals surface area contributed by atoms with Gasteiger partial charge in [0.2, 0.25) is 5.91 Å². The fourth-order valence-electron chi connectivity index (χ4n) is 10.9. The Bertz CT molecular complexity index is 1380. The van der Waals surface area contributed by atoms with E-state index in [9.17, 15) is 35.1 Å². The van der Waals surface area contributed by atoms with Crippen LogP contribution >= 0.6 is 0 Å². The maximum atomic E-state index is 13.4. The predicted molar refractivity (Wildman–Crippen MR) is 329 cm³/mol. The first-order valence-electron chi connectivity index (χ1n) is 34.1. The van der Waals surface area contributed by atoms with Gasteiger partial charge in [0.25, 0.3) is 0 Å². The summed E-state index contributed by atoms with van der Waals surface area (Å²) in [6.07, 6.45) is 56.5. The van der Waals surface area contributed by atoms with E-state index in [-0.39, 0.29) is 13.0 Å². The quantitative estimate of drug-likeness (QED) is 0.0195. The second-order valence-electron chi connectivity index (χ2n) is 23.9. The van der Waals surface area contributed by atoms with Gasteiger partial charge in [-0.1, -0.05) is 302 Å². The van der Waals surface area contributed by atoms with E-state index in [0.717, 1.165) is 57.8 Å². The molecule has 0 spiro atoms. The van der Waals surface area contributed by atoms with Gasteiger partial charge < -0.3 is 45.1 Å². The summed E-state index contributed by atoms with van der Waals surface area (Å²) >= 11 is 0. The summed E-state index contributed by atoms with van der Waals surface area (Å²) in [7, 11) is 0. The van der Waals surface area contributed by atoms with Crippen molar-refractivity contribution in [2.75, 3.05) is 13.2 Å². The van der Waals surface area contributed by atoms with Crippen LogP contribution in [-0.2, 0) is 23.8 Å². The number of unbranched alkanes of at least 4 members (excludes halogenated alkanes) is 43. The van der Waals surface area contributed by atoms with Gasteiger partial charge in [0.15, 0.2) is 12.4 Å². The summed E-state index contributed by atoms with van der Waals surface area (Å²) in [6, 6.07) is -1.02. The lowest BCUT2D eigenvalue weighted by atomic mass is 9.99. The lowest BCUT2D eigenvalue weighted by molar-refractivity contribution is -0.305. The molecule has 1 fully saturated rings. The van der Waals surface area contributed by atoms with Gasteiger partial charge in [0.1, 0.15) is 24.4 Å². The van der Waals surface area contributed by atoms with Crippen LogP contribution in [0.25, 0.3) is 0 Å². The van der Waals surface area contributed by atoms with Crippen molar-refractivity contribution in [1.29, 1.82) is 0 Å². The van der Waals surface area contributed by atoms with E-state index < -0.39 is 67.4 Å². The first-order chi connectivity index (χ1) is 38.7. The second-order valence-corrected chi connectivity index (χ2v) is 23.9. The van der Waals surface area contributed by atoms with Crippen LogP contribution < -0.4 is 5.32 Å². The number of hydrogen-bond donors (Lipinski definition) is 6. The zero-order valence-electron chi connectivity index (χ0n) is 51.8. The van der Waals surface area contributed by atoms with E-state index in [1.165, 1.54) is 231 Å². The summed E-state index contributed by atoms with van der Waals surface area (Å²) in [4.78, 5) is 26.6. The maximum Gasteiger partial charge on any atom is 0.306 e. The number of hydrogen-bond acceptors (Lipinski definition) is 10. The van der Waals surface area contributed by atoms with Crippen molar-refractivity contribution in [2.45, 2.75) is 384 Å². The van der Waals surface area contributed by atoms with Crippen LogP contribution in [0, 0.1) is 0 Å². The maximum absolute atomic E-state index is 13.4. The molecule has 11 nitrogen and oxygen atoms in total. The average molecular weight is 1120 g/mol. The summed E-state index contributed by atoms with van der Waals surface area (Å²) in [5.74, 6) is -1.18. The number of amides is 1. The highest BCUT2D eigenvalue weighted by atomic mass is 16.7. The summed E-state index contributed by atoms with van der Waals surface area (Å²) in [5.41, 5.74) is 0. The Labute approximate surface area is 486 Å². The predicted octanol–water partition coefficient (Wildman–Crippen LogP) is 16.8. The van der Waals surface area contributed by atoms with Crippen molar-refractivity contribution in [3.63, 3.8) is 0 Å². The van der Waals surface area contributed by atoms with Gasteiger partial charge in [-0.05, 0) is 51.4 Å². The number of ether oxygens (including phenoxy) is 3. The standard InChI is InChI=1S/C68H129NO10/c1-4-7-10-13-16-19-22-24-26-28-29-30-31-32-33-34-36-38-41-44-47-50-53-56-63(73)79-66-65(75)64(74)62(57-70)78-68(66)77-58-59(60(71)54-51-48-45-42-39-21-18-15-12-9-6-3)69-67(76)61(72)55-52-49-46-43-40-37-35-27-25-23-20-17-14-11-8-5-2/h24,26,51,54,59-62,64-66,68,70-72,74-75H,4-23,25,27-50,52-53,55-58H2,1-3H3,(H,69,76)/b26-24+,54-51+. The van der Waals surface area contributed by atoms with Crippen molar-refractivity contribution in [3.8, 4) is 0 Å². The minimum atomic E-state index is -1.61. The van der Waals surface area contributed by atoms with Gasteiger partial charge in [0, 0.05) is 6.42 Å². The van der Waals surface area contributed by atoms with Crippen LogP contribution in [-0.4, -0.2) is 99.6 Å². The number of nitrogens with one attached hydrogen (secondary N) is 1. The van der Waals surface area contributed by atoms with E-state index in [1.54, 1.807) is 6.08 Å². The molecular weight excluding hydrogens is 991 g/mol. The number of carbonyl (C=O) groups is 2. The van der Waals surface area contributed by atoms with Crippen LogP contribution in [0.2, 0.25) is 0 Å². The number of carbonyl (C=O) groups excluding carboxylic acids is 2. The number of esters is 1. The van der Waals surface area contributed by atoms with Gasteiger partial charge in [-0.3, -0.25) is 9.59 Å². The number of aliphatic hydroxyl groups is 5. The minimum Gasteiger partial charge on any atom is -0.454 e. The molecule has 1 aliphatic heterocycles. The van der Waals surface area contributed by atoms with E-state index in [0.29, 0.717) is 19.3 Å². The molecule has 8 atom stereocenters. The lowest BCUT2D eigenvalue weighted by Gasteiger charge is -2.41.